The van der Waals surface area contributed by atoms with E-state index in [0.717, 1.165) is 16.3 Å². The molecule has 0 aliphatic heterocycles. The minimum Gasteiger partial charge on any atom is -0.393 e. The lowest BCUT2D eigenvalue weighted by molar-refractivity contribution is -0.169. The maximum absolute atomic E-state index is 13.4. The Morgan fingerprint density at radius 3 is 2.43 bits per heavy atom. The number of allylic oxidation sites excluding steroid dienone is 2. The Morgan fingerprint density at radius 1 is 1.35 bits per heavy atom. The minimum atomic E-state index is -4.46. The molecule has 1 aromatic carbocycles. The first-order chi connectivity index (χ1) is 10.8. The Labute approximate surface area is 142 Å². The van der Waals surface area contributed by atoms with Crippen LogP contribution in [0.3, 0.4) is 0 Å². The molecule has 0 amide bonds. The van der Waals surface area contributed by atoms with E-state index in [1.165, 1.54) is 49.7 Å². The van der Waals surface area contributed by atoms with Crippen molar-refractivity contribution in [2.75, 3.05) is 14.1 Å². The fourth-order valence-corrected chi connectivity index (χ4v) is 2.97. The van der Waals surface area contributed by atoms with E-state index in [2.05, 4.69) is 5.32 Å². The van der Waals surface area contributed by atoms with Crippen LogP contribution in [0.1, 0.15) is 11.6 Å². The van der Waals surface area contributed by atoms with E-state index in [4.69, 9.17) is 11.6 Å². The lowest BCUT2D eigenvalue weighted by Gasteiger charge is -2.29. The van der Waals surface area contributed by atoms with Crippen LogP contribution in [0.5, 0.6) is 0 Å². The lowest BCUT2D eigenvalue weighted by Crippen LogP contribution is -2.32. The maximum atomic E-state index is 13.4. The molecule has 0 saturated heterocycles. The fraction of sp³-hybridized carbons (Fsp3) is 0.267. The molecule has 1 N–H and O–H groups in total. The number of hydrogen-bond acceptors (Lipinski definition) is 4. The molecule has 8 heteroatoms. The van der Waals surface area contributed by atoms with Gasteiger partial charge >= 0.3 is 6.18 Å². The number of hydrogen-bond donors (Lipinski definition) is 1. The number of halogens is 4. The number of alkyl halides is 3. The Kier molecular flexibility index (Phi) is 7.67. The molecule has 0 aromatic heterocycles. The van der Waals surface area contributed by atoms with Crippen LogP contribution in [0.2, 0.25) is 5.02 Å². The van der Waals surface area contributed by atoms with Crippen LogP contribution in [-0.4, -0.2) is 30.9 Å². The first-order valence-corrected chi connectivity index (χ1v) is 7.67. The van der Waals surface area contributed by atoms with E-state index < -0.39 is 12.2 Å². The standard InChI is InChI=1S/C15H16ClF3N2OS/c1-20-10-13(4-3-9-22)23-21(2)14(15(17,18)19)11-5-7-12(16)8-6-11/h3-10,14,20H,1-2H3/b4-3-,13-10+/t14-/m1/s1. The molecule has 3 nitrogen and oxygen atoms in total. The molecule has 23 heavy (non-hydrogen) atoms. The van der Waals surface area contributed by atoms with Crippen LogP contribution in [0, 0.1) is 0 Å². The van der Waals surface area contributed by atoms with Gasteiger partial charge in [-0.25, -0.2) is 4.31 Å². The number of nitrogens with zero attached hydrogens (tertiary/aromatic N) is 1. The third-order valence-electron chi connectivity index (χ3n) is 2.73. The first-order valence-electron chi connectivity index (χ1n) is 6.52. The van der Waals surface area contributed by atoms with Gasteiger partial charge in [0.05, 0.1) is 0 Å². The number of rotatable bonds is 7. The van der Waals surface area contributed by atoms with Gasteiger partial charge in [-0.2, -0.15) is 13.2 Å². The molecule has 0 radical (unpaired) electrons. The SMILES string of the molecule is CN/C=C(\C=C/C=O)SN(C)[C@H](c1ccc(Cl)cc1)C(F)(F)F. The van der Waals surface area contributed by atoms with Gasteiger partial charge in [-0.15, -0.1) is 0 Å². The summed E-state index contributed by atoms with van der Waals surface area (Å²) in [5.74, 6) is 0. The van der Waals surface area contributed by atoms with Crippen molar-refractivity contribution >= 4 is 29.8 Å². The quantitative estimate of drug-likeness (QED) is 0.337. The zero-order valence-corrected chi connectivity index (χ0v) is 14.0. The summed E-state index contributed by atoms with van der Waals surface area (Å²) in [5.41, 5.74) is 0.0834. The highest BCUT2D eigenvalue weighted by atomic mass is 35.5. The number of benzene rings is 1. The third-order valence-corrected chi connectivity index (χ3v) is 3.95. The predicted octanol–water partition coefficient (Wildman–Crippen LogP) is 4.34. The van der Waals surface area contributed by atoms with Crippen molar-refractivity contribution < 1.29 is 18.0 Å². The summed E-state index contributed by atoms with van der Waals surface area (Å²) < 4.78 is 41.4. The summed E-state index contributed by atoms with van der Waals surface area (Å²) in [6.07, 6.45) is 0.254. The molecule has 1 aromatic rings. The van der Waals surface area contributed by atoms with Gasteiger partial charge in [0.1, 0.15) is 12.3 Å². The van der Waals surface area contributed by atoms with Crippen LogP contribution >= 0.6 is 23.5 Å². The monoisotopic (exact) mass is 364 g/mol. The second-order valence-corrected chi connectivity index (χ2v) is 6.13. The zero-order chi connectivity index (χ0) is 17.5. The molecular weight excluding hydrogens is 349 g/mol. The number of carbonyl (C=O) groups is 1. The van der Waals surface area contributed by atoms with Gasteiger partial charge in [-0.1, -0.05) is 23.7 Å². The van der Waals surface area contributed by atoms with Crippen LogP contribution in [-0.2, 0) is 4.79 Å². The van der Waals surface area contributed by atoms with Crippen LogP contribution in [0.4, 0.5) is 13.2 Å². The molecule has 0 saturated carbocycles. The van der Waals surface area contributed by atoms with Crippen LogP contribution in [0.15, 0.2) is 47.5 Å². The van der Waals surface area contributed by atoms with Crippen molar-refractivity contribution in [3.05, 3.63) is 58.1 Å². The lowest BCUT2D eigenvalue weighted by atomic mass is 10.1. The number of aldehydes is 1. The molecular formula is C15H16ClF3N2OS. The molecule has 0 fully saturated rings. The molecule has 0 spiro atoms. The summed E-state index contributed by atoms with van der Waals surface area (Å²) in [6, 6.07) is 3.73. The van der Waals surface area contributed by atoms with Crippen molar-refractivity contribution in [3.63, 3.8) is 0 Å². The number of nitrogens with one attached hydrogen (secondary N) is 1. The van der Waals surface area contributed by atoms with Crippen LogP contribution in [0.25, 0.3) is 0 Å². The number of carbonyl (C=O) groups excluding carboxylic acids is 1. The molecule has 1 atom stereocenters. The highest BCUT2D eigenvalue weighted by Crippen LogP contribution is 2.41. The molecule has 0 heterocycles. The van der Waals surface area contributed by atoms with Crippen molar-refractivity contribution in [1.29, 1.82) is 0 Å². The van der Waals surface area contributed by atoms with Gasteiger partial charge in [-0.3, -0.25) is 4.79 Å². The third kappa shape index (κ3) is 6.29. The van der Waals surface area contributed by atoms with E-state index >= 15 is 0 Å². The molecule has 0 aliphatic carbocycles. The molecule has 1 rings (SSSR count). The van der Waals surface area contributed by atoms with Gasteiger partial charge in [-0.05, 0) is 48.8 Å². The second kappa shape index (κ2) is 9.00. The average molecular weight is 365 g/mol. The minimum absolute atomic E-state index is 0.0834. The molecule has 0 unspecified atom stereocenters. The average Bonchev–Trinajstić information content (AvgIpc) is 2.46. The summed E-state index contributed by atoms with van der Waals surface area (Å²) in [6.45, 7) is 0. The highest BCUT2D eigenvalue weighted by molar-refractivity contribution is 8.01. The van der Waals surface area contributed by atoms with Crippen molar-refractivity contribution in [2.24, 2.45) is 0 Å². The molecule has 0 aliphatic rings. The van der Waals surface area contributed by atoms with Crippen LogP contribution < -0.4 is 5.32 Å². The fourth-order valence-electron chi connectivity index (χ4n) is 1.85. The topological polar surface area (TPSA) is 32.3 Å². The summed E-state index contributed by atoms with van der Waals surface area (Å²) in [7, 11) is 2.96. The largest absolute Gasteiger partial charge is 0.408 e. The van der Waals surface area contributed by atoms with Gasteiger partial charge in [0.15, 0.2) is 0 Å². The van der Waals surface area contributed by atoms with E-state index in [1.54, 1.807) is 7.05 Å². The van der Waals surface area contributed by atoms with E-state index in [-0.39, 0.29) is 5.56 Å². The van der Waals surface area contributed by atoms with Crippen molar-refractivity contribution in [2.45, 2.75) is 12.2 Å². The van der Waals surface area contributed by atoms with E-state index in [0.29, 0.717) is 16.2 Å². The van der Waals surface area contributed by atoms with Gasteiger partial charge in [0.25, 0.3) is 0 Å². The van der Waals surface area contributed by atoms with Gasteiger partial charge in [0, 0.05) is 23.2 Å². The first kappa shape index (κ1) is 19.6. The summed E-state index contributed by atoms with van der Waals surface area (Å²) in [4.78, 5) is 10.9. The second-order valence-electron chi connectivity index (χ2n) is 4.46. The van der Waals surface area contributed by atoms with E-state index in [9.17, 15) is 18.0 Å². The molecule has 126 valence electrons. The molecule has 0 bridgehead atoms. The van der Waals surface area contributed by atoms with Crippen molar-refractivity contribution in [1.82, 2.24) is 9.62 Å². The Morgan fingerprint density at radius 2 is 1.96 bits per heavy atom. The van der Waals surface area contributed by atoms with Gasteiger partial charge < -0.3 is 5.32 Å². The summed E-state index contributed by atoms with van der Waals surface area (Å²) >= 11 is 6.61. The Hall–Kier alpha value is -1.44. The predicted molar refractivity (Wildman–Crippen MR) is 87.9 cm³/mol. The smallest absolute Gasteiger partial charge is 0.393 e. The van der Waals surface area contributed by atoms with E-state index in [1.807, 2.05) is 0 Å². The summed E-state index contributed by atoms with van der Waals surface area (Å²) in [5, 5.41) is 3.10. The van der Waals surface area contributed by atoms with Crippen molar-refractivity contribution in [3.8, 4) is 0 Å². The maximum Gasteiger partial charge on any atom is 0.408 e. The van der Waals surface area contributed by atoms with Gasteiger partial charge in [0.2, 0.25) is 0 Å². The zero-order valence-electron chi connectivity index (χ0n) is 12.5. The normalized spacial score (nSPS) is 14.3. The Bertz CT molecular complexity index is 573. The Balaban J connectivity index is 3.07. The highest BCUT2D eigenvalue weighted by Gasteiger charge is 2.44.